The molecule has 0 radical (unpaired) electrons. The molecular weight excluding hydrogens is 387 g/mol. The molecule has 0 aliphatic carbocycles. The first-order valence-electron chi connectivity index (χ1n) is 7.13. The van der Waals surface area contributed by atoms with Crippen molar-refractivity contribution in [2.45, 2.75) is 18.7 Å². The van der Waals surface area contributed by atoms with Gasteiger partial charge >= 0.3 is 0 Å². The van der Waals surface area contributed by atoms with Crippen molar-refractivity contribution in [3.8, 4) is 5.75 Å². The van der Waals surface area contributed by atoms with Gasteiger partial charge in [-0.2, -0.15) is 0 Å². The molecule has 2 aromatic rings. The van der Waals surface area contributed by atoms with E-state index >= 15 is 0 Å². The minimum absolute atomic E-state index is 0.164. The van der Waals surface area contributed by atoms with Crippen LogP contribution in [0.2, 0.25) is 10.0 Å². The van der Waals surface area contributed by atoms with Crippen molar-refractivity contribution in [1.29, 1.82) is 0 Å². The van der Waals surface area contributed by atoms with Gasteiger partial charge in [-0.3, -0.25) is 10.2 Å². The van der Waals surface area contributed by atoms with Gasteiger partial charge < -0.3 is 4.74 Å². The van der Waals surface area contributed by atoms with Crippen LogP contribution in [0.3, 0.4) is 0 Å². The molecule has 0 unspecified atom stereocenters. The molecular formula is C16H16Cl2N2O4S. The average Bonchev–Trinajstić information content (AvgIpc) is 2.49. The Morgan fingerprint density at radius 1 is 1.00 bits per heavy atom. The van der Waals surface area contributed by atoms with Gasteiger partial charge in [-0.25, -0.2) is 8.42 Å². The molecule has 134 valence electrons. The first-order valence-corrected chi connectivity index (χ1v) is 9.37. The Balaban J connectivity index is 1.94. The molecule has 0 spiro atoms. The van der Waals surface area contributed by atoms with E-state index < -0.39 is 15.9 Å². The monoisotopic (exact) mass is 402 g/mol. The van der Waals surface area contributed by atoms with Crippen molar-refractivity contribution < 1.29 is 17.9 Å². The third-order valence-electron chi connectivity index (χ3n) is 3.04. The fourth-order valence-corrected chi connectivity index (χ4v) is 3.65. The third-order valence-corrected chi connectivity index (χ3v) is 4.70. The SMILES string of the molecule is Cc1cc(C)cc(OCC(=O)NNS(=O)(=O)c2cc(Cl)cc(Cl)c2)c1. The lowest BCUT2D eigenvalue weighted by Gasteiger charge is -2.11. The zero-order valence-corrected chi connectivity index (χ0v) is 15.8. The summed E-state index contributed by atoms with van der Waals surface area (Å²) in [5, 5.41) is 0.328. The molecule has 0 saturated heterocycles. The summed E-state index contributed by atoms with van der Waals surface area (Å²) in [4.78, 5) is 13.6. The molecule has 1 amide bonds. The number of halogens is 2. The fourth-order valence-electron chi connectivity index (χ4n) is 2.07. The van der Waals surface area contributed by atoms with Crippen LogP contribution in [-0.2, 0) is 14.8 Å². The molecule has 0 bridgehead atoms. The molecule has 2 rings (SSSR count). The first-order chi connectivity index (χ1) is 11.7. The van der Waals surface area contributed by atoms with Crippen LogP contribution in [0.1, 0.15) is 11.1 Å². The molecule has 0 heterocycles. The van der Waals surface area contributed by atoms with Gasteiger partial charge in [0, 0.05) is 10.0 Å². The number of carbonyl (C=O) groups excluding carboxylic acids is 1. The number of benzene rings is 2. The fraction of sp³-hybridized carbons (Fsp3) is 0.188. The van der Waals surface area contributed by atoms with Crippen molar-refractivity contribution in [2.75, 3.05) is 6.61 Å². The standard InChI is InChI=1S/C16H16Cl2N2O4S/c1-10-3-11(2)5-14(4-10)24-9-16(21)19-20-25(22,23)15-7-12(17)6-13(18)8-15/h3-8,20H,9H2,1-2H3,(H,19,21). The van der Waals surface area contributed by atoms with Gasteiger partial charge in [0.15, 0.2) is 6.61 Å². The molecule has 2 N–H and O–H groups in total. The van der Waals surface area contributed by atoms with Crippen molar-refractivity contribution in [3.63, 3.8) is 0 Å². The molecule has 25 heavy (non-hydrogen) atoms. The van der Waals surface area contributed by atoms with Crippen molar-refractivity contribution in [1.82, 2.24) is 10.3 Å². The van der Waals surface area contributed by atoms with Gasteiger partial charge in [-0.1, -0.05) is 29.3 Å². The van der Waals surface area contributed by atoms with E-state index in [0.29, 0.717) is 5.75 Å². The Bertz CT molecular complexity index is 861. The Kier molecular flexibility index (Phi) is 6.29. The van der Waals surface area contributed by atoms with Crippen LogP contribution in [0, 0.1) is 13.8 Å². The highest BCUT2D eigenvalue weighted by Crippen LogP contribution is 2.22. The second kappa shape index (κ2) is 8.05. The Morgan fingerprint density at radius 2 is 1.56 bits per heavy atom. The zero-order chi connectivity index (χ0) is 18.6. The minimum atomic E-state index is -4.00. The summed E-state index contributed by atoms with van der Waals surface area (Å²) in [6, 6.07) is 9.36. The number of ether oxygens (including phenoxy) is 1. The summed E-state index contributed by atoms with van der Waals surface area (Å²) in [6.07, 6.45) is 0. The summed E-state index contributed by atoms with van der Waals surface area (Å²) in [5.41, 5.74) is 4.06. The van der Waals surface area contributed by atoms with E-state index in [0.717, 1.165) is 11.1 Å². The van der Waals surface area contributed by atoms with E-state index in [4.69, 9.17) is 27.9 Å². The van der Waals surface area contributed by atoms with Gasteiger partial charge in [-0.05, 0) is 55.3 Å². The molecule has 0 aromatic heterocycles. The second-order valence-electron chi connectivity index (χ2n) is 5.37. The maximum atomic E-state index is 12.1. The van der Waals surface area contributed by atoms with E-state index in [9.17, 15) is 13.2 Å². The van der Waals surface area contributed by atoms with Crippen LogP contribution in [0.5, 0.6) is 5.75 Å². The van der Waals surface area contributed by atoms with Crippen LogP contribution < -0.4 is 15.0 Å². The Morgan fingerprint density at radius 3 is 2.12 bits per heavy atom. The van der Waals surface area contributed by atoms with Crippen molar-refractivity contribution in [3.05, 3.63) is 57.6 Å². The van der Waals surface area contributed by atoms with E-state index in [-0.39, 0.29) is 21.5 Å². The summed E-state index contributed by atoms with van der Waals surface area (Å²) in [7, 11) is -4.00. The third kappa shape index (κ3) is 5.89. The number of amides is 1. The summed E-state index contributed by atoms with van der Waals surface area (Å²) in [6.45, 7) is 3.47. The Hall–Kier alpha value is -1.80. The molecule has 9 heteroatoms. The van der Waals surface area contributed by atoms with Crippen LogP contribution in [0.15, 0.2) is 41.3 Å². The minimum Gasteiger partial charge on any atom is -0.484 e. The predicted octanol–water partition coefficient (Wildman–Crippen LogP) is 3.00. The van der Waals surface area contributed by atoms with E-state index in [1.54, 1.807) is 12.1 Å². The molecule has 0 saturated carbocycles. The summed E-state index contributed by atoms with van der Waals surface area (Å²) < 4.78 is 29.6. The van der Waals surface area contributed by atoms with Crippen molar-refractivity contribution >= 4 is 39.1 Å². The molecule has 2 aromatic carbocycles. The number of nitrogens with one attached hydrogen (secondary N) is 2. The lowest BCUT2D eigenvalue weighted by atomic mass is 10.1. The second-order valence-corrected chi connectivity index (χ2v) is 7.93. The smallest absolute Gasteiger partial charge is 0.272 e. The van der Waals surface area contributed by atoms with Crippen LogP contribution >= 0.6 is 23.2 Å². The number of hydrazine groups is 1. The highest BCUT2D eigenvalue weighted by Gasteiger charge is 2.16. The summed E-state index contributed by atoms with van der Waals surface area (Å²) in [5.74, 6) is -0.131. The maximum absolute atomic E-state index is 12.1. The first kappa shape index (κ1) is 19.5. The van der Waals surface area contributed by atoms with Gasteiger partial charge in [-0.15, -0.1) is 4.83 Å². The molecule has 0 fully saturated rings. The molecule has 6 nitrogen and oxygen atoms in total. The zero-order valence-electron chi connectivity index (χ0n) is 13.5. The number of aryl methyl sites for hydroxylation is 2. The lowest BCUT2D eigenvalue weighted by Crippen LogP contribution is -2.43. The van der Waals surface area contributed by atoms with Crippen LogP contribution in [-0.4, -0.2) is 20.9 Å². The number of rotatable bonds is 6. The normalized spacial score (nSPS) is 11.2. The van der Waals surface area contributed by atoms with Gasteiger partial charge in [0.1, 0.15) is 5.75 Å². The highest BCUT2D eigenvalue weighted by molar-refractivity contribution is 7.89. The largest absolute Gasteiger partial charge is 0.484 e. The van der Waals surface area contributed by atoms with E-state index in [1.165, 1.54) is 18.2 Å². The molecule has 0 atom stereocenters. The van der Waals surface area contributed by atoms with Crippen LogP contribution in [0.25, 0.3) is 0 Å². The van der Waals surface area contributed by atoms with Gasteiger partial charge in [0.2, 0.25) is 0 Å². The highest BCUT2D eigenvalue weighted by atomic mass is 35.5. The van der Waals surface area contributed by atoms with Gasteiger partial charge in [0.25, 0.3) is 15.9 Å². The van der Waals surface area contributed by atoms with Crippen molar-refractivity contribution in [2.24, 2.45) is 0 Å². The topological polar surface area (TPSA) is 84.5 Å². The quantitative estimate of drug-likeness (QED) is 0.727. The van der Waals surface area contributed by atoms with Gasteiger partial charge in [0.05, 0.1) is 4.90 Å². The summed E-state index contributed by atoms with van der Waals surface area (Å²) >= 11 is 11.6. The number of sulfonamides is 1. The maximum Gasteiger partial charge on any atom is 0.272 e. The number of carbonyl (C=O) groups is 1. The molecule has 0 aliphatic rings. The number of hydrogen-bond acceptors (Lipinski definition) is 4. The van der Waals surface area contributed by atoms with E-state index in [1.807, 2.05) is 24.7 Å². The lowest BCUT2D eigenvalue weighted by molar-refractivity contribution is -0.123. The van der Waals surface area contributed by atoms with E-state index in [2.05, 4.69) is 5.43 Å². The number of hydrogen-bond donors (Lipinski definition) is 2. The van der Waals surface area contributed by atoms with Crippen LogP contribution in [0.4, 0.5) is 0 Å². The Labute approximate surface area is 156 Å². The average molecular weight is 403 g/mol. The molecule has 0 aliphatic heterocycles. The predicted molar refractivity (Wildman–Crippen MR) is 96.3 cm³/mol.